The Balaban J connectivity index is 1.81. The van der Waals surface area contributed by atoms with Crippen LogP contribution in [0.5, 0.6) is 0 Å². The van der Waals surface area contributed by atoms with Crippen molar-refractivity contribution < 1.29 is 4.74 Å². The normalized spacial score (nSPS) is 28.0. The Bertz CT molecular complexity index is 480. The van der Waals surface area contributed by atoms with Crippen LogP contribution in [0.1, 0.15) is 27.2 Å². The van der Waals surface area contributed by atoms with E-state index in [4.69, 9.17) is 4.74 Å². The van der Waals surface area contributed by atoms with Crippen molar-refractivity contribution in [3.63, 3.8) is 0 Å². The third kappa shape index (κ3) is 3.07. The van der Waals surface area contributed by atoms with Crippen molar-refractivity contribution in [2.75, 3.05) is 20.7 Å². The zero-order valence-corrected chi connectivity index (χ0v) is 13.8. The molecule has 1 aliphatic carbocycles. The maximum atomic E-state index is 5.66. The van der Waals surface area contributed by atoms with Crippen LogP contribution in [0.3, 0.4) is 0 Å². The molecular weight excluding hydrogens is 264 g/mol. The molecule has 2 unspecified atom stereocenters. The second-order valence-electron chi connectivity index (χ2n) is 6.48. The number of guanidine groups is 1. The molecule has 0 radical (unpaired) electrons. The lowest BCUT2D eigenvalue weighted by Crippen LogP contribution is -2.69. The molecule has 1 aliphatic rings. The highest BCUT2D eigenvalue weighted by molar-refractivity contribution is 5.80. The number of methoxy groups -OCH3 is 1. The van der Waals surface area contributed by atoms with E-state index < -0.39 is 0 Å². The first-order valence-electron chi connectivity index (χ1n) is 7.56. The summed E-state index contributed by atoms with van der Waals surface area (Å²) in [6.07, 6.45) is 5.13. The quantitative estimate of drug-likeness (QED) is 0.643. The van der Waals surface area contributed by atoms with Gasteiger partial charge >= 0.3 is 0 Å². The summed E-state index contributed by atoms with van der Waals surface area (Å²) in [5, 5.41) is 6.88. The summed E-state index contributed by atoms with van der Waals surface area (Å²) in [4.78, 5) is 4.31. The van der Waals surface area contributed by atoms with Gasteiger partial charge in [0.25, 0.3) is 0 Å². The summed E-state index contributed by atoms with van der Waals surface area (Å²) in [5.41, 5.74) is 0.0223. The minimum absolute atomic E-state index is 0.0609. The van der Waals surface area contributed by atoms with E-state index in [0.717, 1.165) is 25.5 Å². The lowest BCUT2D eigenvalue weighted by atomic mass is 9.56. The van der Waals surface area contributed by atoms with E-state index in [-0.39, 0.29) is 11.0 Å². The largest absolute Gasteiger partial charge is 0.378 e. The molecule has 1 heterocycles. The van der Waals surface area contributed by atoms with Crippen LogP contribution < -0.4 is 10.6 Å². The first-order chi connectivity index (χ1) is 9.93. The Hall–Kier alpha value is -1.49. The lowest BCUT2D eigenvalue weighted by molar-refractivity contribution is -0.176. The first kappa shape index (κ1) is 15.9. The minimum Gasteiger partial charge on any atom is -0.378 e. The summed E-state index contributed by atoms with van der Waals surface area (Å²) in [7, 11) is 3.61. The van der Waals surface area contributed by atoms with Gasteiger partial charge in [-0.25, -0.2) is 0 Å². The Morgan fingerprint density at radius 2 is 2.00 bits per heavy atom. The number of nitrogens with zero attached hydrogens (tertiary/aromatic N) is 2. The zero-order chi connectivity index (χ0) is 15.5. The van der Waals surface area contributed by atoms with E-state index >= 15 is 0 Å². The summed E-state index contributed by atoms with van der Waals surface area (Å²) < 4.78 is 7.81. The molecule has 0 saturated heterocycles. The molecule has 21 heavy (non-hydrogen) atoms. The fraction of sp³-hybridized carbons (Fsp3) is 0.688. The van der Waals surface area contributed by atoms with Gasteiger partial charge < -0.3 is 19.9 Å². The van der Waals surface area contributed by atoms with Gasteiger partial charge in [-0.3, -0.25) is 4.99 Å². The number of ether oxygens (including phenoxy) is 1. The number of rotatable bonds is 5. The third-order valence-corrected chi connectivity index (χ3v) is 5.14. The zero-order valence-electron chi connectivity index (χ0n) is 13.8. The Kier molecular flexibility index (Phi) is 4.61. The average Bonchev–Trinajstić information content (AvgIpc) is 2.98. The number of hydrogen-bond acceptors (Lipinski definition) is 2. The average molecular weight is 292 g/mol. The van der Waals surface area contributed by atoms with Crippen LogP contribution in [-0.2, 0) is 11.3 Å². The van der Waals surface area contributed by atoms with Gasteiger partial charge in [0, 0.05) is 51.1 Å². The predicted molar refractivity (Wildman–Crippen MR) is 86.5 cm³/mol. The van der Waals surface area contributed by atoms with Gasteiger partial charge in [0.2, 0.25) is 0 Å². The van der Waals surface area contributed by atoms with Crippen molar-refractivity contribution in [2.45, 2.75) is 45.4 Å². The maximum absolute atomic E-state index is 5.66. The van der Waals surface area contributed by atoms with Crippen LogP contribution in [0.2, 0.25) is 0 Å². The summed E-state index contributed by atoms with van der Waals surface area (Å²) in [6.45, 7) is 8.43. The fourth-order valence-electron chi connectivity index (χ4n) is 2.91. The molecule has 2 N–H and O–H groups in total. The first-order valence-corrected chi connectivity index (χ1v) is 7.56. The van der Waals surface area contributed by atoms with Gasteiger partial charge in [0.1, 0.15) is 0 Å². The molecule has 118 valence electrons. The highest BCUT2D eigenvalue weighted by Gasteiger charge is 2.57. The second kappa shape index (κ2) is 6.10. The molecule has 0 amide bonds. The van der Waals surface area contributed by atoms with Crippen molar-refractivity contribution in [3.8, 4) is 0 Å². The van der Waals surface area contributed by atoms with E-state index in [2.05, 4.69) is 53.4 Å². The van der Waals surface area contributed by atoms with E-state index in [1.807, 2.05) is 19.2 Å². The number of nitrogens with one attached hydrogen (secondary N) is 2. The Morgan fingerprint density at radius 1 is 1.33 bits per heavy atom. The van der Waals surface area contributed by atoms with Crippen LogP contribution >= 0.6 is 0 Å². The molecule has 2 atom stereocenters. The van der Waals surface area contributed by atoms with Gasteiger partial charge in [-0.1, -0.05) is 13.8 Å². The molecular formula is C16H28N4O. The van der Waals surface area contributed by atoms with Gasteiger partial charge in [0.05, 0.1) is 5.60 Å². The number of aromatic nitrogens is 1. The van der Waals surface area contributed by atoms with Crippen molar-refractivity contribution >= 4 is 5.96 Å². The SMILES string of the molecule is CN=C(NCCn1cccc1)NC1CC(C)(OC)C1(C)C. The fourth-order valence-corrected chi connectivity index (χ4v) is 2.91. The topological polar surface area (TPSA) is 50.6 Å². The summed E-state index contributed by atoms with van der Waals surface area (Å²) >= 11 is 0. The second-order valence-corrected chi connectivity index (χ2v) is 6.48. The van der Waals surface area contributed by atoms with Crippen molar-refractivity contribution in [1.82, 2.24) is 15.2 Å². The van der Waals surface area contributed by atoms with E-state index in [0.29, 0.717) is 6.04 Å². The van der Waals surface area contributed by atoms with Gasteiger partial charge in [-0.2, -0.15) is 0 Å². The van der Waals surface area contributed by atoms with Gasteiger partial charge in [-0.05, 0) is 25.5 Å². The molecule has 1 saturated carbocycles. The Labute approximate surface area is 127 Å². The molecule has 0 aliphatic heterocycles. The van der Waals surface area contributed by atoms with Crippen molar-refractivity contribution in [2.24, 2.45) is 10.4 Å². The van der Waals surface area contributed by atoms with Gasteiger partial charge in [-0.15, -0.1) is 0 Å². The van der Waals surface area contributed by atoms with Crippen LogP contribution in [0.4, 0.5) is 0 Å². The van der Waals surface area contributed by atoms with Crippen molar-refractivity contribution in [3.05, 3.63) is 24.5 Å². The predicted octanol–water partition coefficient (Wildman–Crippen LogP) is 1.86. The molecule has 1 aromatic heterocycles. The molecule has 1 fully saturated rings. The highest BCUT2D eigenvalue weighted by atomic mass is 16.5. The maximum Gasteiger partial charge on any atom is 0.191 e. The molecule has 5 heteroatoms. The molecule has 2 rings (SSSR count). The van der Waals surface area contributed by atoms with Crippen LogP contribution in [0.25, 0.3) is 0 Å². The molecule has 0 aromatic carbocycles. The lowest BCUT2D eigenvalue weighted by Gasteiger charge is -2.59. The molecule has 0 spiro atoms. The van der Waals surface area contributed by atoms with Crippen LogP contribution in [-0.4, -0.2) is 42.9 Å². The van der Waals surface area contributed by atoms with Crippen LogP contribution in [0.15, 0.2) is 29.5 Å². The smallest absolute Gasteiger partial charge is 0.191 e. The number of hydrogen-bond donors (Lipinski definition) is 2. The van der Waals surface area contributed by atoms with E-state index in [1.165, 1.54) is 0 Å². The Morgan fingerprint density at radius 3 is 2.52 bits per heavy atom. The monoisotopic (exact) mass is 292 g/mol. The molecule has 5 nitrogen and oxygen atoms in total. The third-order valence-electron chi connectivity index (χ3n) is 5.14. The highest BCUT2D eigenvalue weighted by Crippen LogP contribution is 2.51. The molecule has 0 bridgehead atoms. The van der Waals surface area contributed by atoms with Crippen LogP contribution in [0, 0.1) is 5.41 Å². The van der Waals surface area contributed by atoms with E-state index in [1.54, 1.807) is 7.11 Å². The van der Waals surface area contributed by atoms with Crippen molar-refractivity contribution in [1.29, 1.82) is 0 Å². The summed E-state index contributed by atoms with van der Waals surface area (Å²) in [6, 6.07) is 4.45. The standard InChI is InChI=1S/C16H28N4O/c1-15(2)13(12-16(15,3)21-5)19-14(17-4)18-8-11-20-9-6-7-10-20/h6-7,9-10,13H,8,11-12H2,1-5H3,(H2,17,18,19). The number of aliphatic imine (C=N–C) groups is 1. The molecule has 1 aromatic rings. The minimum atomic E-state index is -0.0609. The van der Waals surface area contributed by atoms with E-state index in [9.17, 15) is 0 Å². The summed E-state index contributed by atoms with van der Waals surface area (Å²) in [5.74, 6) is 0.860. The van der Waals surface area contributed by atoms with Gasteiger partial charge in [0.15, 0.2) is 5.96 Å².